The van der Waals surface area contributed by atoms with Crippen molar-refractivity contribution in [1.82, 2.24) is 15.2 Å². The molecule has 0 aliphatic carbocycles. The maximum Gasteiger partial charge on any atom is 0.410 e. The average molecular weight is 439 g/mol. The zero-order valence-corrected chi connectivity index (χ0v) is 19.1. The van der Waals surface area contributed by atoms with E-state index < -0.39 is 0 Å². The van der Waals surface area contributed by atoms with Crippen molar-refractivity contribution in [2.75, 3.05) is 31.5 Å². The lowest BCUT2D eigenvalue weighted by Crippen LogP contribution is -2.41. The first kappa shape index (κ1) is 23.6. The third-order valence-electron chi connectivity index (χ3n) is 5.77. The van der Waals surface area contributed by atoms with Crippen molar-refractivity contribution in [1.29, 1.82) is 0 Å². The highest BCUT2D eigenvalue weighted by Crippen LogP contribution is 2.18. The van der Waals surface area contributed by atoms with E-state index in [-0.39, 0.29) is 18.6 Å². The van der Waals surface area contributed by atoms with Gasteiger partial charge in [0, 0.05) is 37.9 Å². The van der Waals surface area contributed by atoms with E-state index in [9.17, 15) is 9.59 Å². The normalized spacial score (nSPS) is 14.1. The van der Waals surface area contributed by atoms with Crippen molar-refractivity contribution in [2.45, 2.75) is 46.1 Å². The van der Waals surface area contributed by atoms with Crippen LogP contribution in [0.2, 0.25) is 0 Å². The molecule has 3 rings (SSSR count). The summed E-state index contributed by atoms with van der Waals surface area (Å²) in [4.78, 5) is 30.9. The fourth-order valence-corrected chi connectivity index (χ4v) is 3.64. The lowest BCUT2D eigenvalue weighted by molar-refractivity contribution is 0.0801. The minimum atomic E-state index is -0.270. The Labute approximate surface area is 190 Å². The first-order valence-electron chi connectivity index (χ1n) is 11.5. The molecule has 0 unspecified atom stereocenters. The number of carbonyl (C=O) groups excluding carboxylic acids is 2. The Kier molecular flexibility index (Phi) is 8.90. The molecule has 0 atom stereocenters. The zero-order chi connectivity index (χ0) is 22.8. The zero-order valence-electron chi connectivity index (χ0n) is 19.1. The Morgan fingerprint density at radius 2 is 1.91 bits per heavy atom. The number of ether oxygens (including phenoxy) is 1. The molecule has 1 aliphatic heterocycles. The van der Waals surface area contributed by atoms with Gasteiger partial charge in [-0.1, -0.05) is 43.2 Å². The molecule has 0 spiro atoms. The van der Waals surface area contributed by atoms with Gasteiger partial charge < -0.3 is 20.3 Å². The molecule has 0 saturated carbocycles. The number of likely N-dealkylation sites (tertiary alicyclic amines) is 1. The van der Waals surface area contributed by atoms with Crippen LogP contribution in [0.15, 0.2) is 42.6 Å². The fourth-order valence-electron chi connectivity index (χ4n) is 3.64. The monoisotopic (exact) mass is 438 g/mol. The molecule has 2 amide bonds. The van der Waals surface area contributed by atoms with Gasteiger partial charge >= 0.3 is 6.09 Å². The Balaban J connectivity index is 1.37. The van der Waals surface area contributed by atoms with E-state index in [1.165, 1.54) is 5.56 Å². The van der Waals surface area contributed by atoms with Crippen LogP contribution in [0.3, 0.4) is 0 Å². The van der Waals surface area contributed by atoms with Crippen molar-refractivity contribution in [3.8, 4) is 0 Å². The molecule has 7 nitrogen and oxygen atoms in total. The maximum absolute atomic E-state index is 12.5. The molecule has 2 N–H and O–H groups in total. The van der Waals surface area contributed by atoms with Crippen LogP contribution >= 0.6 is 0 Å². The number of aryl methyl sites for hydroxylation is 1. The molecular formula is C25H34N4O3. The summed E-state index contributed by atoms with van der Waals surface area (Å²) >= 11 is 0. The van der Waals surface area contributed by atoms with Gasteiger partial charge in [0.15, 0.2) is 0 Å². The van der Waals surface area contributed by atoms with E-state index in [0.29, 0.717) is 31.1 Å². The highest BCUT2D eigenvalue weighted by molar-refractivity contribution is 5.94. The van der Waals surface area contributed by atoms with Crippen molar-refractivity contribution >= 4 is 17.8 Å². The second-order valence-corrected chi connectivity index (χ2v) is 8.39. The number of nitrogens with one attached hydrogen (secondary N) is 2. The summed E-state index contributed by atoms with van der Waals surface area (Å²) in [5, 5.41) is 6.27. The molecule has 1 aromatic carbocycles. The number of unbranched alkanes of at least 4 members (excludes halogenated alkanes) is 1. The van der Waals surface area contributed by atoms with Crippen LogP contribution < -0.4 is 10.6 Å². The van der Waals surface area contributed by atoms with E-state index >= 15 is 0 Å². The quantitative estimate of drug-likeness (QED) is 0.568. The summed E-state index contributed by atoms with van der Waals surface area (Å²) in [7, 11) is 0. The van der Waals surface area contributed by atoms with Crippen LogP contribution in [0, 0.1) is 12.8 Å². The third kappa shape index (κ3) is 7.25. The molecule has 0 bridgehead atoms. The molecule has 32 heavy (non-hydrogen) atoms. The lowest BCUT2D eigenvalue weighted by atomic mass is 9.97. The Morgan fingerprint density at radius 3 is 2.62 bits per heavy atom. The number of carbonyl (C=O) groups is 2. The Morgan fingerprint density at radius 1 is 1.16 bits per heavy atom. The van der Waals surface area contributed by atoms with Gasteiger partial charge in [0.05, 0.1) is 0 Å². The lowest BCUT2D eigenvalue weighted by Gasteiger charge is -2.31. The van der Waals surface area contributed by atoms with E-state index in [0.717, 1.165) is 43.6 Å². The van der Waals surface area contributed by atoms with Gasteiger partial charge in [0.25, 0.3) is 5.91 Å². The van der Waals surface area contributed by atoms with Gasteiger partial charge in [-0.2, -0.15) is 0 Å². The van der Waals surface area contributed by atoms with E-state index in [4.69, 9.17) is 4.74 Å². The van der Waals surface area contributed by atoms with Crippen LogP contribution in [-0.2, 0) is 11.3 Å². The molecule has 1 aliphatic rings. The molecule has 172 valence electrons. The van der Waals surface area contributed by atoms with Crippen molar-refractivity contribution < 1.29 is 14.3 Å². The molecule has 1 saturated heterocycles. The third-order valence-corrected chi connectivity index (χ3v) is 5.77. The average Bonchev–Trinajstić information content (AvgIpc) is 2.82. The number of amides is 2. The second-order valence-electron chi connectivity index (χ2n) is 8.39. The SMILES string of the molecule is CCCCNc1cc(C(=O)NCC2CCN(C(=O)OCc3ccc(C)cc3)CC2)ccn1. The first-order valence-corrected chi connectivity index (χ1v) is 11.5. The largest absolute Gasteiger partial charge is 0.445 e. The maximum atomic E-state index is 12.5. The van der Waals surface area contributed by atoms with Gasteiger partial charge in [-0.3, -0.25) is 4.79 Å². The van der Waals surface area contributed by atoms with Gasteiger partial charge in [0.2, 0.25) is 0 Å². The molecule has 1 aromatic heterocycles. The molecule has 1 fully saturated rings. The minimum absolute atomic E-state index is 0.0918. The number of hydrogen-bond acceptors (Lipinski definition) is 5. The summed E-state index contributed by atoms with van der Waals surface area (Å²) in [5.41, 5.74) is 2.78. The van der Waals surface area contributed by atoms with Crippen LogP contribution in [-0.4, -0.2) is 48.1 Å². The predicted octanol–water partition coefficient (Wildman–Crippen LogP) is 4.38. The predicted molar refractivity (Wildman–Crippen MR) is 126 cm³/mol. The van der Waals surface area contributed by atoms with Gasteiger partial charge in [-0.15, -0.1) is 0 Å². The first-order chi connectivity index (χ1) is 15.5. The standard InChI is InChI=1S/C25H34N4O3/c1-3-4-12-26-23-16-22(9-13-27-23)24(30)28-17-20-10-14-29(15-11-20)25(31)32-18-21-7-5-19(2)6-8-21/h5-9,13,16,20H,3-4,10-12,14-15,17-18H2,1-2H3,(H,26,27)(H,28,30). The van der Waals surface area contributed by atoms with E-state index in [1.807, 2.05) is 31.2 Å². The van der Waals surface area contributed by atoms with E-state index in [1.54, 1.807) is 23.2 Å². The highest BCUT2D eigenvalue weighted by Gasteiger charge is 2.24. The second kappa shape index (κ2) is 12.1. The fraction of sp³-hybridized carbons (Fsp3) is 0.480. The summed E-state index contributed by atoms with van der Waals surface area (Å²) in [6, 6.07) is 11.5. The molecule has 0 radical (unpaired) electrons. The van der Waals surface area contributed by atoms with E-state index in [2.05, 4.69) is 22.5 Å². The van der Waals surface area contributed by atoms with Crippen molar-refractivity contribution in [3.05, 3.63) is 59.3 Å². The van der Waals surface area contributed by atoms with Crippen LogP contribution in [0.5, 0.6) is 0 Å². The number of aromatic nitrogens is 1. The summed E-state index contributed by atoms with van der Waals surface area (Å²) in [6.45, 7) is 7.20. The van der Waals surface area contributed by atoms with Crippen LogP contribution in [0.1, 0.15) is 54.1 Å². The number of nitrogens with zero attached hydrogens (tertiary/aromatic N) is 2. The number of rotatable bonds is 9. The number of hydrogen-bond donors (Lipinski definition) is 2. The van der Waals surface area contributed by atoms with Crippen molar-refractivity contribution in [3.63, 3.8) is 0 Å². The molecule has 2 heterocycles. The topological polar surface area (TPSA) is 83.6 Å². The summed E-state index contributed by atoms with van der Waals surface area (Å²) in [6.07, 6.45) is 5.25. The summed E-state index contributed by atoms with van der Waals surface area (Å²) in [5.74, 6) is 0.985. The van der Waals surface area contributed by atoms with Crippen LogP contribution in [0.25, 0.3) is 0 Å². The smallest absolute Gasteiger partial charge is 0.410 e. The molecule has 2 aromatic rings. The minimum Gasteiger partial charge on any atom is -0.445 e. The molecule has 7 heteroatoms. The number of anilines is 1. The molecular weight excluding hydrogens is 404 g/mol. The van der Waals surface area contributed by atoms with Crippen LogP contribution in [0.4, 0.5) is 10.6 Å². The Bertz CT molecular complexity index is 877. The van der Waals surface area contributed by atoms with Gasteiger partial charge in [-0.05, 0) is 49.8 Å². The number of piperidine rings is 1. The highest BCUT2D eigenvalue weighted by atomic mass is 16.6. The number of benzene rings is 1. The Hall–Kier alpha value is -3.09. The van der Waals surface area contributed by atoms with Gasteiger partial charge in [-0.25, -0.2) is 9.78 Å². The van der Waals surface area contributed by atoms with Gasteiger partial charge in [0.1, 0.15) is 12.4 Å². The van der Waals surface area contributed by atoms with Crippen molar-refractivity contribution in [2.24, 2.45) is 5.92 Å². The number of pyridine rings is 1. The summed E-state index contributed by atoms with van der Waals surface area (Å²) < 4.78 is 5.45.